The molecular weight excluding hydrogens is 244 g/mol. The molecule has 2 amide bonds. The quantitative estimate of drug-likeness (QED) is 0.492. The summed E-state index contributed by atoms with van der Waals surface area (Å²) in [6, 6.07) is 6.01. The van der Waals surface area contributed by atoms with Gasteiger partial charge in [-0.3, -0.25) is 25.0 Å². The number of carbonyl (C=O) groups excluding carboxylic acids is 2. The van der Waals surface area contributed by atoms with E-state index in [1.807, 2.05) is 0 Å². The first-order valence-electron chi connectivity index (χ1n) is 4.56. The lowest BCUT2D eigenvalue weighted by Crippen LogP contribution is -2.17. The Morgan fingerprint density at radius 2 is 2.00 bits per heavy atom. The van der Waals surface area contributed by atoms with Crippen LogP contribution in [0.1, 0.15) is 5.56 Å². The van der Waals surface area contributed by atoms with E-state index in [4.69, 9.17) is 0 Å². The molecule has 1 aliphatic heterocycles. The third kappa shape index (κ3) is 2.34. The molecule has 0 saturated carbocycles. The van der Waals surface area contributed by atoms with Crippen molar-refractivity contribution < 1.29 is 14.5 Å². The zero-order chi connectivity index (χ0) is 12.4. The summed E-state index contributed by atoms with van der Waals surface area (Å²) in [6.07, 6.45) is 1.34. The normalized spacial score (nSPS) is 17.3. The van der Waals surface area contributed by atoms with Crippen molar-refractivity contribution in [3.8, 4) is 0 Å². The molecule has 0 aromatic heterocycles. The predicted molar refractivity (Wildman–Crippen MR) is 62.2 cm³/mol. The van der Waals surface area contributed by atoms with Crippen LogP contribution >= 0.6 is 11.8 Å². The molecule has 1 saturated heterocycles. The highest BCUT2D eigenvalue weighted by Crippen LogP contribution is 2.28. The van der Waals surface area contributed by atoms with E-state index in [1.165, 1.54) is 24.3 Å². The molecule has 86 valence electrons. The molecule has 0 aliphatic carbocycles. The number of para-hydroxylation sites is 1. The van der Waals surface area contributed by atoms with Gasteiger partial charge in [0.1, 0.15) is 0 Å². The molecule has 0 unspecified atom stereocenters. The van der Waals surface area contributed by atoms with Gasteiger partial charge in [-0.15, -0.1) is 0 Å². The molecular formula is C10H6N2O4S. The van der Waals surface area contributed by atoms with Crippen molar-refractivity contribution >= 4 is 34.7 Å². The predicted octanol–water partition coefficient (Wildman–Crippen LogP) is 1.92. The minimum atomic E-state index is -0.536. The lowest BCUT2D eigenvalue weighted by molar-refractivity contribution is -0.385. The average molecular weight is 250 g/mol. The van der Waals surface area contributed by atoms with Crippen LogP contribution in [-0.4, -0.2) is 16.1 Å². The minimum absolute atomic E-state index is 0.104. The number of hydrogen-bond donors (Lipinski definition) is 1. The van der Waals surface area contributed by atoms with Crippen LogP contribution in [0.15, 0.2) is 29.2 Å². The molecule has 7 heteroatoms. The molecule has 0 atom stereocenters. The Morgan fingerprint density at radius 3 is 2.59 bits per heavy atom. The Morgan fingerprint density at radius 1 is 1.29 bits per heavy atom. The number of rotatable bonds is 2. The Labute approximate surface area is 99.8 Å². The summed E-state index contributed by atoms with van der Waals surface area (Å²) < 4.78 is 0. The van der Waals surface area contributed by atoms with Gasteiger partial charge in [0.2, 0.25) is 0 Å². The van der Waals surface area contributed by atoms with E-state index in [0.29, 0.717) is 5.56 Å². The van der Waals surface area contributed by atoms with Crippen LogP contribution in [0.4, 0.5) is 10.5 Å². The molecule has 1 fully saturated rings. The van der Waals surface area contributed by atoms with Gasteiger partial charge in [0.05, 0.1) is 15.4 Å². The summed E-state index contributed by atoms with van der Waals surface area (Å²) >= 11 is 0.728. The van der Waals surface area contributed by atoms with Gasteiger partial charge in [0.25, 0.3) is 16.8 Å². The van der Waals surface area contributed by atoms with Gasteiger partial charge in [0.15, 0.2) is 0 Å². The van der Waals surface area contributed by atoms with E-state index in [2.05, 4.69) is 5.32 Å². The van der Waals surface area contributed by atoms with E-state index in [1.54, 1.807) is 6.07 Å². The second kappa shape index (κ2) is 4.38. The topological polar surface area (TPSA) is 89.3 Å². The van der Waals surface area contributed by atoms with Crippen LogP contribution in [0.5, 0.6) is 0 Å². The standard InChI is InChI=1S/C10H6N2O4S/c13-9-8(17-10(14)11-9)5-6-3-1-2-4-7(6)12(15)16/h1-5H,(H,11,13,14)/b8-5-. The van der Waals surface area contributed by atoms with Crippen LogP contribution in [0.2, 0.25) is 0 Å². The Kier molecular flexibility index (Phi) is 2.92. The van der Waals surface area contributed by atoms with Crippen molar-refractivity contribution in [3.05, 3.63) is 44.8 Å². The van der Waals surface area contributed by atoms with Gasteiger partial charge in [-0.1, -0.05) is 12.1 Å². The number of nitrogens with one attached hydrogen (secondary N) is 1. The van der Waals surface area contributed by atoms with E-state index in [0.717, 1.165) is 11.8 Å². The zero-order valence-corrected chi connectivity index (χ0v) is 9.19. The number of thioether (sulfide) groups is 1. The minimum Gasteiger partial charge on any atom is -0.282 e. The molecule has 17 heavy (non-hydrogen) atoms. The highest BCUT2D eigenvalue weighted by atomic mass is 32.2. The van der Waals surface area contributed by atoms with E-state index in [9.17, 15) is 19.7 Å². The van der Waals surface area contributed by atoms with Crippen molar-refractivity contribution in [2.75, 3.05) is 0 Å². The maximum Gasteiger partial charge on any atom is 0.290 e. The smallest absolute Gasteiger partial charge is 0.282 e. The van der Waals surface area contributed by atoms with E-state index < -0.39 is 16.1 Å². The van der Waals surface area contributed by atoms with Crippen molar-refractivity contribution in [2.24, 2.45) is 0 Å². The number of nitrogens with zero attached hydrogens (tertiary/aromatic N) is 1. The SMILES string of the molecule is O=C1NC(=O)/C(=C/c2ccccc2[N+](=O)[O-])S1. The Bertz CT molecular complexity index is 553. The summed E-state index contributed by atoms with van der Waals surface area (Å²) in [5, 5.41) is 12.4. The summed E-state index contributed by atoms with van der Waals surface area (Å²) in [7, 11) is 0. The van der Waals surface area contributed by atoms with Crippen LogP contribution in [-0.2, 0) is 4.79 Å². The highest BCUT2D eigenvalue weighted by molar-refractivity contribution is 8.18. The number of carbonyl (C=O) groups is 2. The third-order valence-corrected chi connectivity index (χ3v) is 2.87. The largest absolute Gasteiger partial charge is 0.290 e. The first-order chi connectivity index (χ1) is 8.08. The fourth-order valence-corrected chi connectivity index (χ4v) is 2.01. The number of imide groups is 1. The summed E-state index contributed by atoms with van der Waals surface area (Å²) in [5.74, 6) is -0.529. The maximum atomic E-state index is 11.3. The molecule has 1 heterocycles. The molecule has 0 radical (unpaired) electrons. The monoisotopic (exact) mass is 250 g/mol. The van der Waals surface area contributed by atoms with Gasteiger partial charge >= 0.3 is 0 Å². The fraction of sp³-hybridized carbons (Fsp3) is 0. The Balaban J connectivity index is 2.42. The zero-order valence-electron chi connectivity index (χ0n) is 8.38. The average Bonchev–Trinajstić information content (AvgIpc) is 2.58. The van der Waals surface area contributed by atoms with Gasteiger partial charge < -0.3 is 0 Å². The number of nitro groups is 1. The van der Waals surface area contributed by atoms with Crippen molar-refractivity contribution in [2.45, 2.75) is 0 Å². The summed E-state index contributed by atoms with van der Waals surface area (Å²) in [5.41, 5.74) is 0.192. The maximum absolute atomic E-state index is 11.3. The summed E-state index contributed by atoms with van der Waals surface area (Å²) in [4.78, 5) is 32.6. The highest BCUT2D eigenvalue weighted by Gasteiger charge is 2.26. The van der Waals surface area contributed by atoms with E-state index in [-0.39, 0.29) is 10.6 Å². The van der Waals surface area contributed by atoms with Crippen molar-refractivity contribution in [3.63, 3.8) is 0 Å². The van der Waals surface area contributed by atoms with Gasteiger partial charge in [-0.25, -0.2) is 0 Å². The molecule has 0 spiro atoms. The molecule has 1 aromatic carbocycles. The number of nitro benzene ring substituents is 1. The molecule has 0 bridgehead atoms. The second-order valence-corrected chi connectivity index (χ2v) is 4.18. The van der Waals surface area contributed by atoms with Gasteiger partial charge in [-0.2, -0.15) is 0 Å². The van der Waals surface area contributed by atoms with Crippen LogP contribution in [0, 0.1) is 10.1 Å². The van der Waals surface area contributed by atoms with Crippen LogP contribution < -0.4 is 5.32 Å². The second-order valence-electron chi connectivity index (χ2n) is 3.17. The number of hydrogen-bond acceptors (Lipinski definition) is 5. The summed E-state index contributed by atoms with van der Waals surface area (Å²) in [6.45, 7) is 0. The molecule has 1 aliphatic rings. The molecule has 2 rings (SSSR count). The van der Waals surface area contributed by atoms with Gasteiger partial charge in [-0.05, 0) is 23.9 Å². The first-order valence-corrected chi connectivity index (χ1v) is 5.38. The molecule has 6 nitrogen and oxygen atoms in total. The van der Waals surface area contributed by atoms with Crippen molar-refractivity contribution in [1.82, 2.24) is 5.32 Å². The first kappa shape index (κ1) is 11.3. The van der Waals surface area contributed by atoms with Crippen molar-refractivity contribution in [1.29, 1.82) is 0 Å². The van der Waals surface area contributed by atoms with Crippen LogP contribution in [0.25, 0.3) is 6.08 Å². The molecule has 1 aromatic rings. The lowest BCUT2D eigenvalue weighted by Gasteiger charge is -1.97. The fourth-order valence-electron chi connectivity index (χ4n) is 1.34. The van der Waals surface area contributed by atoms with Crippen LogP contribution in [0.3, 0.4) is 0 Å². The number of amides is 2. The number of benzene rings is 1. The lowest BCUT2D eigenvalue weighted by atomic mass is 10.1. The Hall–Kier alpha value is -2.15. The molecule has 1 N–H and O–H groups in total. The van der Waals surface area contributed by atoms with E-state index >= 15 is 0 Å². The van der Waals surface area contributed by atoms with Gasteiger partial charge in [0, 0.05) is 6.07 Å². The third-order valence-electron chi connectivity index (χ3n) is 2.06.